The van der Waals surface area contributed by atoms with Crippen molar-refractivity contribution >= 4 is 17.5 Å². The first-order chi connectivity index (χ1) is 18.2. The number of carbonyl (C=O) groups excluding carboxylic acids is 2. The van der Waals surface area contributed by atoms with E-state index in [1.807, 2.05) is 42.3 Å². The summed E-state index contributed by atoms with van der Waals surface area (Å²) in [5.41, 5.74) is 4.62. The van der Waals surface area contributed by atoms with Gasteiger partial charge in [-0.1, -0.05) is 62.8 Å². The molecule has 3 aromatic rings. The first kappa shape index (κ1) is 29.6. The molecule has 0 bridgehead atoms. The highest BCUT2D eigenvalue weighted by molar-refractivity contribution is 5.87. The van der Waals surface area contributed by atoms with Crippen LogP contribution in [-0.2, 0) is 22.7 Å². The Labute approximate surface area is 229 Å². The zero-order valence-corrected chi connectivity index (χ0v) is 22.5. The molecule has 10 heteroatoms. The summed E-state index contributed by atoms with van der Waals surface area (Å²) in [6, 6.07) is 13.7. The van der Waals surface area contributed by atoms with Crippen molar-refractivity contribution in [3.63, 3.8) is 0 Å². The number of H-pyrrole nitrogens is 1. The fourth-order valence-corrected chi connectivity index (χ4v) is 4.60. The minimum atomic E-state index is -0.650. The molecule has 1 aromatic heterocycles. The number of rotatable bonds is 11. The van der Waals surface area contributed by atoms with Gasteiger partial charge in [-0.15, -0.1) is 0 Å². The Morgan fingerprint density at radius 1 is 1.13 bits per heavy atom. The summed E-state index contributed by atoms with van der Waals surface area (Å²) >= 11 is 0. The number of aromatic nitrogens is 2. The van der Waals surface area contributed by atoms with E-state index < -0.39 is 5.76 Å². The third-order valence-corrected chi connectivity index (χ3v) is 6.81. The molecule has 39 heavy (non-hydrogen) atoms. The molecular formula is C29H40N6O4. The van der Waals surface area contributed by atoms with E-state index in [2.05, 4.69) is 46.0 Å². The van der Waals surface area contributed by atoms with Crippen molar-refractivity contribution in [3.05, 3.63) is 69.7 Å². The quantitative estimate of drug-likeness (QED) is 0.359. The van der Waals surface area contributed by atoms with E-state index in [0.717, 1.165) is 18.4 Å². The third-order valence-electron chi connectivity index (χ3n) is 6.81. The Morgan fingerprint density at radius 2 is 1.82 bits per heavy atom. The lowest BCUT2D eigenvalue weighted by Gasteiger charge is -2.32. The van der Waals surface area contributed by atoms with Gasteiger partial charge in [-0.3, -0.25) is 24.1 Å². The summed E-state index contributed by atoms with van der Waals surface area (Å²) in [5.74, 6) is -0.0834. The van der Waals surface area contributed by atoms with Gasteiger partial charge in [-0.2, -0.15) is 0 Å². The van der Waals surface area contributed by atoms with Gasteiger partial charge in [0.2, 0.25) is 5.91 Å². The lowest BCUT2D eigenvalue weighted by atomic mass is 10.1. The van der Waals surface area contributed by atoms with Crippen LogP contribution in [0.3, 0.4) is 0 Å². The van der Waals surface area contributed by atoms with Crippen LogP contribution in [0, 0.1) is 12.8 Å². The molecule has 2 N–H and O–H groups in total. The fourth-order valence-electron chi connectivity index (χ4n) is 4.60. The van der Waals surface area contributed by atoms with Gasteiger partial charge in [-0.05, 0) is 48.4 Å². The molecule has 0 aliphatic carbocycles. The number of hydrogen-bond donors (Lipinski definition) is 2. The molecule has 10 nitrogen and oxygen atoms in total. The van der Waals surface area contributed by atoms with E-state index in [1.165, 1.54) is 11.1 Å². The van der Waals surface area contributed by atoms with Gasteiger partial charge in [0.05, 0.1) is 13.1 Å². The minimum absolute atomic E-state index is 0. The summed E-state index contributed by atoms with van der Waals surface area (Å²) in [5, 5.41) is 10.4. The van der Waals surface area contributed by atoms with E-state index in [9.17, 15) is 14.4 Å². The van der Waals surface area contributed by atoms with E-state index in [4.69, 9.17) is 0 Å². The second kappa shape index (κ2) is 13.2. The molecule has 2 aromatic carbocycles. The monoisotopic (exact) mass is 536 g/mol. The van der Waals surface area contributed by atoms with Crippen LogP contribution in [0.25, 0.3) is 11.4 Å². The van der Waals surface area contributed by atoms with Gasteiger partial charge in [0.1, 0.15) is 0 Å². The molecule has 1 aliphatic rings. The minimum Gasteiger partial charge on any atom is -0.355 e. The standard InChI is InChI=1S/C28H36N6O4.CH4/c1-19(2)8-7-13-29-25(35)17-33(24-14-21(12-11-20(24)3)27-30-28(37)38-31-27)18-26(36)32(4)34-15-22-9-5-6-10-23(22)16-34;/h5-6,9-12,14,19H,7-8,13,15-18H2,1-4H3,(H,29,35)(H,30,31,37);1H4. The Balaban J connectivity index is 0.00000420. The summed E-state index contributed by atoms with van der Waals surface area (Å²) in [4.78, 5) is 42.2. The highest BCUT2D eigenvalue weighted by Crippen LogP contribution is 2.27. The highest BCUT2D eigenvalue weighted by Gasteiger charge is 2.27. The number of aryl methyl sites for hydroxylation is 1. The maximum atomic E-state index is 13.5. The van der Waals surface area contributed by atoms with Crippen molar-refractivity contribution in [2.45, 2.75) is 54.1 Å². The number of aromatic amines is 1. The van der Waals surface area contributed by atoms with Crippen LogP contribution in [0.15, 0.2) is 51.8 Å². The number of carbonyl (C=O) groups is 2. The Bertz CT molecular complexity index is 1310. The van der Waals surface area contributed by atoms with Gasteiger partial charge in [-0.25, -0.2) is 9.80 Å². The number of fused-ring (bicyclic) bond motifs is 1. The van der Waals surface area contributed by atoms with Crippen molar-refractivity contribution < 1.29 is 14.1 Å². The molecule has 0 fully saturated rings. The summed E-state index contributed by atoms with van der Waals surface area (Å²) < 4.78 is 4.66. The molecule has 4 rings (SSSR count). The van der Waals surface area contributed by atoms with Crippen molar-refractivity contribution in [1.82, 2.24) is 25.5 Å². The normalized spacial score (nSPS) is 12.6. The average molecular weight is 537 g/mol. The molecule has 0 saturated carbocycles. The lowest BCUT2D eigenvalue weighted by molar-refractivity contribution is -0.145. The van der Waals surface area contributed by atoms with Crippen molar-refractivity contribution in [3.8, 4) is 11.4 Å². The van der Waals surface area contributed by atoms with Crippen LogP contribution >= 0.6 is 0 Å². The molecule has 0 atom stereocenters. The second-order valence-corrected chi connectivity index (χ2v) is 10.2. The van der Waals surface area contributed by atoms with E-state index in [-0.39, 0.29) is 38.2 Å². The molecule has 0 radical (unpaired) electrons. The Morgan fingerprint density at radius 3 is 2.44 bits per heavy atom. The maximum Gasteiger partial charge on any atom is 0.439 e. The van der Waals surface area contributed by atoms with Crippen molar-refractivity contribution in [2.75, 3.05) is 31.6 Å². The van der Waals surface area contributed by atoms with E-state index in [0.29, 0.717) is 36.8 Å². The molecule has 1 aliphatic heterocycles. The van der Waals surface area contributed by atoms with Crippen LogP contribution in [0.1, 0.15) is 50.8 Å². The topological polar surface area (TPSA) is 115 Å². The Kier molecular flexibility index (Phi) is 10.1. The molecule has 210 valence electrons. The van der Waals surface area contributed by atoms with Crippen molar-refractivity contribution in [2.24, 2.45) is 5.92 Å². The van der Waals surface area contributed by atoms with Gasteiger partial charge >= 0.3 is 5.76 Å². The summed E-state index contributed by atoms with van der Waals surface area (Å²) in [7, 11) is 1.77. The average Bonchev–Trinajstić information content (AvgIpc) is 3.52. The molecule has 0 unspecified atom stereocenters. The number of anilines is 1. The predicted octanol–water partition coefficient (Wildman–Crippen LogP) is 3.72. The summed E-state index contributed by atoms with van der Waals surface area (Å²) in [6.45, 7) is 8.15. The maximum absolute atomic E-state index is 13.5. The SMILES string of the molecule is C.Cc1ccc(-c2noc(=O)[nH]2)cc1N(CC(=O)NCCCC(C)C)CC(=O)N(C)N1Cc2ccccc2C1. The van der Waals surface area contributed by atoms with Gasteiger partial charge in [0.15, 0.2) is 5.82 Å². The van der Waals surface area contributed by atoms with Crippen LogP contribution in [-0.4, -0.2) is 58.7 Å². The number of amides is 2. The first-order valence-corrected chi connectivity index (χ1v) is 13.0. The largest absolute Gasteiger partial charge is 0.439 e. The number of hydrazine groups is 1. The smallest absolute Gasteiger partial charge is 0.355 e. The van der Waals surface area contributed by atoms with Crippen molar-refractivity contribution in [1.29, 1.82) is 0 Å². The zero-order valence-electron chi connectivity index (χ0n) is 22.5. The van der Waals surface area contributed by atoms with E-state index >= 15 is 0 Å². The third kappa shape index (κ3) is 7.57. The number of benzene rings is 2. The Hall–Kier alpha value is -3.92. The van der Waals surface area contributed by atoms with E-state index in [1.54, 1.807) is 17.0 Å². The molecule has 2 heterocycles. The number of hydrogen-bond acceptors (Lipinski definition) is 7. The lowest BCUT2D eigenvalue weighted by Crippen LogP contribution is -2.48. The van der Waals surface area contributed by atoms with Gasteiger partial charge in [0, 0.05) is 37.9 Å². The summed E-state index contributed by atoms with van der Waals surface area (Å²) in [6.07, 6.45) is 1.93. The van der Waals surface area contributed by atoms with Crippen LogP contribution < -0.4 is 16.0 Å². The number of nitrogens with one attached hydrogen (secondary N) is 2. The highest BCUT2D eigenvalue weighted by atomic mass is 16.5. The molecule has 2 amide bonds. The van der Waals surface area contributed by atoms with Gasteiger partial charge in [0.25, 0.3) is 5.91 Å². The van der Waals surface area contributed by atoms with Crippen LogP contribution in [0.4, 0.5) is 5.69 Å². The number of nitrogens with zero attached hydrogens (tertiary/aromatic N) is 4. The molecule has 0 spiro atoms. The number of likely N-dealkylation sites (N-methyl/N-ethyl adjacent to an activating group) is 1. The second-order valence-electron chi connectivity index (χ2n) is 10.2. The van der Waals surface area contributed by atoms with Crippen LogP contribution in [0.2, 0.25) is 0 Å². The first-order valence-electron chi connectivity index (χ1n) is 13.0. The molecule has 0 saturated heterocycles. The van der Waals surface area contributed by atoms with Gasteiger partial charge < -0.3 is 10.2 Å². The van der Waals surface area contributed by atoms with Crippen LogP contribution in [0.5, 0.6) is 0 Å². The zero-order chi connectivity index (χ0) is 27.2. The molecular weight excluding hydrogens is 496 g/mol. The fraction of sp³-hybridized carbons (Fsp3) is 0.448. The predicted molar refractivity (Wildman–Crippen MR) is 152 cm³/mol.